The van der Waals surface area contributed by atoms with Crippen molar-refractivity contribution in [1.82, 2.24) is 19.8 Å². The molecule has 1 aromatic rings. The number of nitrogens with one attached hydrogen (secondary N) is 1. The van der Waals surface area contributed by atoms with Crippen LogP contribution < -0.4 is 5.32 Å². The Balaban J connectivity index is 0.00000133. The van der Waals surface area contributed by atoms with E-state index in [1.807, 2.05) is 12.5 Å². The number of aromatic nitrogens is 2. The van der Waals surface area contributed by atoms with Gasteiger partial charge in [-0.05, 0) is 31.2 Å². The first-order valence-electron chi connectivity index (χ1n) is 7.16. The molecule has 4 nitrogen and oxygen atoms in total. The first kappa shape index (κ1) is 14.8. The second-order valence-electron chi connectivity index (χ2n) is 6.25. The van der Waals surface area contributed by atoms with Crippen molar-refractivity contribution < 1.29 is 0 Å². The average Bonchev–Trinajstić information content (AvgIpc) is 3.02. The van der Waals surface area contributed by atoms with Crippen LogP contribution in [0.3, 0.4) is 0 Å². The van der Waals surface area contributed by atoms with Crippen LogP contribution >= 0.6 is 12.4 Å². The maximum absolute atomic E-state index is 4.15. The van der Waals surface area contributed by atoms with Crippen LogP contribution in [0.2, 0.25) is 0 Å². The molecule has 0 aromatic carbocycles. The van der Waals surface area contributed by atoms with Crippen LogP contribution in [0.15, 0.2) is 18.7 Å². The molecule has 0 saturated carbocycles. The Hall–Kier alpha value is -0.580. The van der Waals surface area contributed by atoms with Gasteiger partial charge in [0.2, 0.25) is 0 Å². The second-order valence-corrected chi connectivity index (χ2v) is 6.25. The Labute approximate surface area is 122 Å². The van der Waals surface area contributed by atoms with E-state index in [9.17, 15) is 0 Å². The molecule has 5 heteroatoms. The van der Waals surface area contributed by atoms with E-state index in [0.29, 0.717) is 11.5 Å². The molecule has 3 heterocycles. The van der Waals surface area contributed by atoms with E-state index in [4.69, 9.17) is 0 Å². The Kier molecular flexibility index (Phi) is 4.87. The van der Waals surface area contributed by atoms with Gasteiger partial charge in [0, 0.05) is 44.6 Å². The molecule has 0 aliphatic carbocycles. The Morgan fingerprint density at radius 1 is 1.37 bits per heavy atom. The van der Waals surface area contributed by atoms with Crippen LogP contribution in [-0.4, -0.2) is 47.2 Å². The lowest BCUT2D eigenvalue weighted by molar-refractivity contribution is 0.130. The molecular formula is C14H25ClN4. The van der Waals surface area contributed by atoms with Gasteiger partial charge in [0.1, 0.15) is 0 Å². The molecule has 3 rings (SSSR count). The number of rotatable bonds is 3. The first-order valence-corrected chi connectivity index (χ1v) is 7.16. The topological polar surface area (TPSA) is 33.1 Å². The predicted octanol–water partition coefficient (Wildman–Crippen LogP) is 1.94. The van der Waals surface area contributed by atoms with E-state index in [2.05, 4.69) is 32.9 Å². The van der Waals surface area contributed by atoms with Gasteiger partial charge in [-0.25, -0.2) is 4.98 Å². The van der Waals surface area contributed by atoms with Crippen LogP contribution in [-0.2, 0) is 0 Å². The van der Waals surface area contributed by atoms with E-state index < -0.39 is 0 Å². The van der Waals surface area contributed by atoms with E-state index in [1.165, 1.54) is 52.0 Å². The quantitative estimate of drug-likeness (QED) is 0.921. The molecule has 1 aromatic heterocycles. The van der Waals surface area contributed by atoms with Gasteiger partial charge >= 0.3 is 0 Å². The van der Waals surface area contributed by atoms with Crippen LogP contribution in [0.25, 0.3) is 0 Å². The summed E-state index contributed by atoms with van der Waals surface area (Å²) in [6, 6.07) is 0.665. The zero-order chi connectivity index (χ0) is 12.4. The fourth-order valence-electron chi connectivity index (χ4n) is 3.40. The van der Waals surface area contributed by atoms with Crippen molar-refractivity contribution in [3.8, 4) is 0 Å². The molecule has 1 atom stereocenters. The number of likely N-dealkylation sites (tertiary alicyclic amines) is 1. The van der Waals surface area contributed by atoms with Crippen molar-refractivity contribution in [2.45, 2.75) is 32.2 Å². The van der Waals surface area contributed by atoms with Crippen molar-refractivity contribution in [3.05, 3.63) is 18.7 Å². The molecule has 2 aliphatic rings. The standard InChI is InChI=1S/C14H24N4.ClH/c1-14(4-5-15-10-14)11-17-7-2-13(3-8-17)18-9-6-16-12-18;/h6,9,12-13,15H,2-5,7-8,10-11H2,1H3;1H. The minimum atomic E-state index is 0. The van der Waals surface area contributed by atoms with Crippen molar-refractivity contribution in [3.63, 3.8) is 0 Å². The predicted molar refractivity (Wildman–Crippen MR) is 79.8 cm³/mol. The van der Waals surface area contributed by atoms with Crippen molar-refractivity contribution in [1.29, 1.82) is 0 Å². The largest absolute Gasteiger partial charge is 0.334 e. The van der Waals surface area contributed by atoms with Gasteiger partial charge in [-0.15, -0.1) is 12.4 Å². The molecule has 0 radical (unpaired) electrons. The van der Waals surface area contributed by atoms with Crippen molar-refractivity contribution >= 4 is 12.4 Å². The summed E-state index contributed by atoms with van der Waals surface area (Å²) in [5.74, 6) is 0. The molecule has 19 heavy (non-hydrogen) atoms. The van der Waals surface area contributed by atoms with E-state index in [0.717, 1.165) is 0 Å². The van der Waals surface area contributed by atoms with Crippen LogP contribution in [0, 0.1) is 5.41 Å². The summed E-state index contributed by atoms with van der Waals surface area (Å²) in [6.45, 7) is 8.54. The first-order chi connectivity index (χ1) is 8.75. The van der Waals surface area contributed by atoms with Crippen molar-refractivity contribution in [2.24, 2.45) is 5.41 Å². The van der Waals surface area contributed by atoms with Gasteiger partial charge in [0.15, 0.2) is 0 Å². The molecule has 108 valence electrons. The van der Waals surface area contributed by atoms with Gasteiger partial charge < -0.3 is 14.8 Å². The fourth-order valence-corrected chi connectivity index (χ4v) is 3.40. The highest BCUT2D eigenvalue weighted by atomic mass is 35.5. The third-order valence-corrected chi connectivity index (χ3v) is 4.57. The zero-order valence-corrected chi connectivity index (χ0v) is 12.5. The summed E-state index contributed by atoms with van der Waals surface area (Å²) in [6.07, 6.45) is 9.80. The highest BCUT2D eigenvalue weighted by Gasteiger charge is 2.32. The highest BCUT2D eigenvalue weighted by molar-refractivity contribution is 5.85. The van der Waals surface area contributed by atoms with Gasteiger partial charge in [0.05, 0.1) is 6.33 Å². The van der Waals surface area contributed by atoms with E-state index >= 15 is 0 Å². The van der Waals surface area contributed by atoms with Crippen LogP contribution in [0.5, 0.6) is 0 Å². The third kappa shape index (κ3) is 3.50. The van der Waals surface area contributed by atoms with Crippen LogP contribution in [0.1, 0.15) is 32.2 Å². The molecule has 0 spiro atoms. The lowest BCUT2D eigenvalue weighted by Gasteiger charge is -2.37. The smallest absolute Gasteiger partial charge is 0.0948 e. The molecule has 0 amide bonds. The van der Waals surface area contributed by atoms with Gasteiger partial charge in [-0.3, -0.25) is 0 Å². The zero-order valence-electron chi connectivity index (χ0n) is 11.7. The number of hydrogen-bond donors (Lipinski definition) is 1. The minimum Gasteiger partial charge on any atom is -0.334 e. The molecule has 0 bridgehead atoms. The molecule has 2 fully saturated rings. The SMILES string of the molecule is CC1(CN2CCC(n3ccnc3)CC2)CCNC1.Cl. The summed E-state index contributed by atoms with van der Waals surface area (Å²) in [5.41, 5.74) is 0.502. The Morgan fingerprint density at radius 3 is 2.74 bits per heavy atom. The Morgan fingerprint density at radius 2 is 2.16 bits per heavy atom. The molecule has 1 N–H and O–H groups in total. The van der Waals surface area contributed by atoms with Crippen LogP contribution in [0.4, 0.5) is 0 Å². The maximum atomic E-state index is 4.15. The lowest BCUT2D eigenvalue weighted by Crippen LogP contribution is -2.42. The van der Waals surface area contributed by atoms with E-state index in [1.54, 1.807) is 0 Å². The number of piperidine rings is 1. The fraction of sp³-hybridized carbons (Fsp3) is 0.786. The highest BCUT2D eigenvalue weighted by Crippen LogP contribution is 2.29. The van der Waals surface area contributed by atoms with Gasteiger partial charge in [-0.2, -0.15) is 0 Å². The average molecular weight is 285 g/mol. The number of halogens is 1. The normalized spacial score (nSPS) is 29.3. The summed E-state index contributed by atoms with van der Waals surface area (Å²) in [5, 5.41) is 3.49. The summed E-state index contributed by atoms with van der Waals surface area (Å²) in [7, 11) is 0. The van der Waals surface area contributed by atoms with Gasteiger partial charge in [-0.1, -0.05) is 6.92 Å². The maximum Gasteiger partial charge on any atom is 0.0948 e. The summed E-state index contributed by atoms with van der Waals surface area (Å²) < 4.78 is 2.27. The van der Waals surface area contributed by atoms with Gasteiger partial charge in [0.25, 0.3) is 0 Å². The molecule has 2 aliphatic heterocycles. The van der Waals surface area contributed by atoms with Crippen molar-refractivity contribution in [2.75, 3.05) is 32.7 Å². The summed E-state index contributed by atoms with van der Waals surface area (Å²) in [4.78, 5) is 6.80. The third-order valence-electron chi connectivity index (χ3n) is 4.57. The second kappa shape index (κ2) is 6.25. The lowest BCUT2D eigenvalue weighted by atomic mass is 9.88. The molecule has 1 unspecified atom stereocenters. The van der Waals surface area contributed by atoms with E-state index in [-0.39, 0.29) is 12.4 Å². The monoisotopic (exact) mass is 284 g/mol. The number of imidazole rings is 1. The number of hydrogen-bond acceptors (Lipinski definition) is 3. The molecular weight excluding hydrogens is 260 g/mol. The minimum absolute atomic E-state index is 0. The Bertz CT molecular complexity index is 365. The number of nitrogens with zero attached hydrogens (tertiary/aromatic N) is 3. The summed E-state index contributed by atoms with van der Waals surface area (Å²) >= 11 is 0. The molecule has 2 saturated heterocycles.